The summed E-state index contributed by atoms with van der Waals surface area (Å²) in [6.45, 7) is 0. The molecule has 0 amide bonds. The monoisotopic (exact) mass is 152 g/mol. The number of carbonyl (C=O) groups is 2. The van der Waals surface area contributed by atoms with Crippen molar-refractivity contribution < 1.29 is 9.59 Å². The van der Waals surface area contributed by atoms with Crippen LogP contribution in [0.2, 0.25) is 0 Å². The highest BCUT2D eigenvalue weighted by Crippen LogP contribution is 2.50. The van der Waals surface area contributed by atoms with Crippen molar-refractivity contribution >= 4 is 11.6 Å². The molecule has 0 atom stereocenters. The van der Waals surface area contributed by atoms with Crippen LogP contribution in [0.3, 0.4) is 0 Å². The summed E-state index contributed by atoms with van der Waals surface area (Å²) in [7, 11) is 0. The summed E-state index contributed by atoms with van der Waals surface area (Å²) in [6.07, 6.45) is 4.81. The minimum absolute atomic E-state index is 0.222. The molecule has 2 fully saturated rings. The topological polar surface area (TPSA) is 34.1 Å². The second-order valence-electron chi connectivity index (χ2n) is 3.64. The fourth-order valence-electron chi connectivity index (χ4n) is 1.89. The smallest absolute Gasteiger partial charge is 0.146 e. The van der Waals surface area contributed by atoms with Crippen molar-refractivity contribution in [1.29, 1.82) is 0 Å². The molecular weight excluding hydrogens is 140 g/mol. The lowest BCUT2D eigenvalue weighted by Crippen LogP contribution is -2.23. The van der Waals surface area contributed by atoms with Gasteiger partial charge in [0, 0.05) is 12.8 Å². The Labute approximate surface area is 66.0 Å². The van der Waals surface area contributed by atoms with Gasteiger partial charge in [-0.3, -0.25) is 9.59 Å². The van der Waals surface area contributed by atoms with Crippen molar-refractivity contribution in [2.24, 2.45) is 5.41 Å². The number of rotatable bonds is 0. The Hall–Kier alpha value is -0.660. The van der Waals surface area contributed by atoms with Gasteiger partial charge in [0.25, 0.3) is 0 Å². The van der Waals surface area contributed by atoms with Gasteiger partial charge in [0.2, 0.25) is 0 Å². The summed E-state index contributed by atoms with van der Waals surface area (Å²) in [5.41, 5.74) is -0.448. The number of ketones is 2. The van der Waals surface area contributed by atoms with Gasteiger partial charge in [-0.05, 0) is 25.7 Å². The third-order valence-corrected chi connectivity index (χ3v) is 2.88. The zero-order chi connectivity index (χ0) is 7.90. The maximum Gasteiger partial charge on any atom is 0.146 e. The molecule has 0 aromatic carbocycles. The number of carbonyl (C=O) groups excluding carboxylic acids is 2. The van der Waals surface area contributed by atoms with E-state index in [0.29, 0.717) is 12.8 Å². The number of hydrogen-bond donors (Lipinski definition) is 0. The summed E-state index contributed by atoms with van der Waals surface area (Å²) >= 11 is 0. The molecule has 2 heteroatoms. The first kappa shape index (κ1) is 7.01. The number of Topliss-reactive ketones (excluding diaryl/α,β-unsaturated/α-hetero) is 2. The van der Waals surface area contributed by atoms with Crippen LogP contribution < -0.4 is 0 Å². The Bertz CT molecular complexity index is 194. The van der Waals surface area contributed by atoms with Crippen molar-refractivity contribution in [2.75, 3.05) is 0 Å². The summed E-state index contributed by atoms with van der Waals surface area (Å²) in [5.74, 6) is 0.444. The van der Waals surface area contributed by atoms with E-state index in [-0.39, 0.29) is 11.6 Å². The van der Waals surface area contributed by atoms with Gasteiger partial charge in [-0.1, -0.05) is 0 Å². The zero-order valence-electron chi connectivity index (χ0n) is 6.56. The van der Waals surface area contributed by atoms with E-state index in [9.17, 15) is 9.59 Å². The van der Waals surface area contributed by atoms with Crippen LogP contribution in [0.25, 0.3) is 0 Å². The second kappa shape index (κ2) is 2.16. The molecule has 0 N–H and O–H groups in total. The predicted octanol–water partition coefficient (Wildman–Crippen LogP) is 1.48. The first-order chi connectivity index (χ1) is 5.26. The van der Waals surface area contributed by atoms with Gasteiger partial charge >= 0.3 is 0 Å². The standard InChI is InChI=1S/C9H12O2/c10-7-3-1-2-4-8(11)9(7)5-6-9/h1-6H2. The Morgan fingerprint density at radius 1 is 0.909 bits per heavy atom. The average Bonchev–Trinajstić information content (AvgIpc) is 2.76. The molecule has 2 rings (SSSR count). The van der Waals surface area contributed by atoms with Crippen LogP contribution in [0, 0.1) is 5.41 Å². The molecular formula is C9H12O2. The van der Waals surface area contributed by atoms with Crippen LogP contribution in [0.5, 0.6) is 0 Å². The number of hydrogen-bond acceptors (Lipinski definition) is 2. The Balaban J connectivity index is 2.24. The van der Waals surface area contributed by atoms with Gasteiger partial charge < -0.3 is 0 Å². The van der Waals surface area contributed by atoms with Gasteiger partial charge in [0.15, 0.2) is 0 Å². The molecule has 0 unspecified atom stereocenters. The lowest BCUT2D eigenvalue weighted by atomic mass is 9.94. The molecule has 2 aliphatic rings. The lowest BCUT2D eigenvalue weighted by Gasteiger charge is -2.06. The quantitative estimate of drug-likeness (QED) is 0.493. The average molecular weight is 152 g/mol. The second-order valence-corrected chi connectivity index (χ2v) is 3.64. The SMILES string of the molecule is O=C1CCCCC(=O)C12CC2. The van der Waals surface area contributed by atoms with Crippen molar-refractivity contribution in [3.63, 3.8) is 0 Å². The molecule has 0 radical (unpaired) electrons. The first-order valence-electron chi connectivity index (χ1n) is 4.32. The molecule has 0 heterocycles. The summed E-state index contributed by atoms with van der Waals surface area (Å²) in [4.78, 5) is 22.8. The fraction of sp³-hybridized carbons (Fsp3) is 0.778. The van der Waals surface area contributed by atoms with E-state index in [1.807, 2.05) is 0 Å². The molecule has 11 heavy (non-hydrogen) atoms. The van der Waals surface area contributed by atoms with Gasteiger partial charge in [-0.15, -0.1) is 0 Å². The van der Waals surface area contributed by atoms with Crippen molar-refractivity contribution in [3.05, 3.63) is 0 Å². The maximum atomic E-state index is 11.4. The minimum Gasteiger partial charge on any atom is -0.299 e. The third kappa shape index (κ3) is 0.924. The molecule has 0 aliphatic heterocycles. The Morgan fingerprint density at radius 3 is 1.73 bits per heavy atom. The largest absolute Gasteiger partial charge is 0.299 e. The van der Waals surface area contributed by atoms with E-state index in [2.05, 4.69) is 0 Å². The molecule has 1 spiro atoms. The highest BCUT2D eigenvalue weighted by atomic mass is 16.2. The van der Waals surface area contributed by atoms with E-state index in [4.69, 9.17) is 0 Å². The van der Waals surface area contributed by atoms with E-state index in [1.54, 1.807) is 0 Å². The lowest BCUT2D eigenvalue weighted by molar-refractivity contribution is -0.133. The summed E-state index contributed by atoms with van der Waals surface area (Å²) < 4.78 is 0. The highest BCUT2D eigenvalue weighted by Gasteiger charge is 2.55. The molecule has 0 aromatic heterocycles. The van der Waals surface area contributed by atoms with Crippen LogP contribution in [-0.4, -0.2) is 11.6 Å². The fourth-order valence-corrected chi connectivity index (χ4v) is 1.89. The van der Waals surface area contributed by atoms with Crippen molar-refractivity contribution in [2.45, 2.75) is 38.5 Å². The normalized spacial score (nSPS) is 28.7. The van der Waals surface area contributed by atoms with E-state index in [0.717, 1.165) is 25.7 Å². The molecule has 60 valence electrons. The zero-order valence-corrected chi connectivity index (χ0v) is 6.56. The third-order valence-electron chi connectivity index (χ3n) is 2.88. The van der Waals surface area contributed by atoms with E-state index >= 15 is 0 Å². The van der Waals surface area contributed by atoms with E-state index < -0.39 is 5.41 Å². The Kier molecular flexibility index (Phi) is 1.38. The molecule has 2 aliphatic carbocycles. The van der Waals surface area contributed by atoms with Gasteiger partial charge in [0.05, 0.1) is 5.41 Å². The van der Waals surface area contributed by atoms with Crippen LogP contribution in [-0.2, 0) is 9.59 Å². The first-order valence-corrected chi connectivity index (χ1v) is 4.32. The van der Waals surface area contributed by atoms with Crippen LogP contribution in [0.15, 0.2) is 0 Å². The van der Waals surface area contributed by atoms with Crippen molar-refractivity contribution in [1.82, 2.24) is 0 Å². The van der Waals surface area contributed by atoms with Crippen LogP contribution in [0.1, 0.15) is 38.5 Å². The molecule has 0 saturated heterocycles. The molecule has 0 aromatic rings. The van der Waals surface area contributed by atoms with Gasteiger partial charge in [0.1, 0.15) is 11.6 Å². The van der Waals surface area contributed by atoms with Crippen LogP contribution >= 0.6 is 0 Å². The minimum atomic E-state index is -0.448. The summed E-state index contributed by atoms with van der Waals surface area (Å²) in [5, 5.41) is 0. The molecule has 0 bridgehead atoms. The van der Waals surface area contributed by atoms with Crippen molar-refractivity contribution in [3.8, 4) is 0 Å². The van der Waals surface area contributed by atoms with Gasteiger partial charge in [-0.2, -0.15) is 0 Å². The van der Waals surface area contributed by atoms with Crippen LogP contribution in [0.4, 0.5) is 0 Å². The van der Waals surface area contributed by atoms with E-state index in [1.165, 1.54) is 0 Å². The predicted molar refractivity (Wildman–Crippen MR) is 40.1 cm³/mol. The maximum absolute atomic E-state index is 11.4. The van der Waals surface area contributed by atoms with Gasteiger partial charge in [-0.25, -0.2) is 0 Å². The Morgan fingerprint density at radius 2 is 1.36 bits per heavy atom. The summed E-state index contributed by atoms with van der Waals surface area (Å²) in [6, 6.07) is 0. The highest BCUT2D eigenvalue weighted by molar-refractivity contribution is 6.10. The molecule has 2 nitrogen and oxygen atoms in total. The molecule has 2 saturated carbocycles.